The maximum Gasteiger partial charge on any atom is 0.0729 e. The van der Waals surface area contributed by atoms with Gasteiger partial charge in [-0.2, -0.15) is 0 Å². The van der Waals surface area contributed by atoms with Crippen molar-refractivity contribution in [3.05, 3.63) is 130 Å². The predicted molar refractivity (Wildman–Crippen MR) is 184 cm³/mol. The van der Waals surface area contributed by atoms with Gasteiger partial charge in [-0.3, -0.25) is 0 Å². The second-order valence-corrected chi connectivity index (χ2v) is 13.7. The second-order valence-electron chi connectivity index (χ2n) is 13.7. The fraction of sp³-hybridized carbons (Fsp3) is 0.450. The fourth-order valence-electron chi connectivity index (χ4n) is 6.14. The first-order chi connectivity index (χ1) is 19.6. The summed E-state index contributed by atoms with van der Waals surface area (Å²) in [5, 5.41) is 20.2. The Balaban J connectivity index is 1.90. The maximum absolute atomic E-state index is 10.1. The van der Waals surface area contributed by atoms with Crippen molar-refractivity contribution in [3.63, 3.8) is 0 Å². The average molecular weight is 569 g/mol. The van der Waals surface area contributed by atoms with Crippen molar-refractivity contribution in [2.45, 2.75) is 101 Å². The quantitative estimate of drug-likeness (QED) is 0.203. The van der Waals surface area contributed by atoms with E-state index in [-0.39, 0.29) is 23.0 Å². The highest BCUT2D eigenvalue weighted by Crippen LogP contribution is 2.42. The van der Waals surface area contributed by atoms with Crippen molar-refractivity contribution in [3.8, 4) is 0 Å². The Morgan fingerprint density at radius 1 is 0.714 bits per heavy atom. The van der Waals surface area contributed by atoms with Gasteiger partial charge in [0.25, 0.3) is 0 Å². The first-order valence-electron chi connectivity index (χ1n) is 15.4. The van der Waals surface area contributed by atoms with Gasteiger partial charge in [0, 0.05) is 5.92 Å². The molecule has 228 valence electrons. The summed E-state index contributed by atoms with van der Waals surface area (Å²) in [6, 6.07) is 0. The van der Waals surface area contributed by atoms with Crippen LogP contribution in [-0.4, -0.2) is 22.4 Å². The molecule has 2 heteroatoms. The van der Waals surface area contributed by atoms with E-state index in [0.29, 0.717) is 5.92 Å². The van der Waals surface area contributed by atoms with E-state index in [1.165, 1.54) is 39.0 Å². The van der Waals surface area contributed by atoms with Crippen LogP contribution in [0.25, 0.3) is 0 Å². The van der Waals surface area contributed by atoms with Gasteiger partial charge in [0.1, 0.15) is 0 Å². The molecule has 2 nitrogen and oxygen atoms in total. The Morgan fingerprint density at radius 3 is 1.74 bits per heavy atom. The summed E-state index contributed by atoms with van der Waals surface area (Å²) in [4.78, 5) is 0. The maximum atomic E-state index is 10.1. The lowest BCUT2D eigenvalue weighted by Crippen LogP contribution is -2.32. The minimum Gasteiger partial charge on any atom is -0.393 e. The Labute approximate surface area is 257 Å². The lowest BCUT2D eigenvalue weighted by Gasteiger charge is -2.38. The zero-order valence-corrected chi connectivity index (χ0v) is 27.9. The molecule has 0 fully saturated rings. The van der Waals surface area contributed by atoms with Crippen molar-refractivity contribution >= 4 is 0 Å². The number of hydrogen-bond donors (Lipinski definition) is 2. The summed E-state index contributed by atoms with van der Waals surface area (Å²) in [5.41, 5.74) is 8.73. The van der Waals surface area contributed by atoms with Gasteiger partial charge in [-0.1, -0.05) is 152 Å². The van der Waals surface area contributed by atoms with E-state index < -0.39 is 0 Å². The third-order valence-electron chi connectivity index (χ3n) is 8.33. The zero-order valence-electron chi connectivity index (χ0n) is 27.9. The van der Waals surface area contributed by atoms with Crippen LogP contribution in [0.5, 0.6) is 0 Å². The minimum absolute atomic E-state index is 0.00528. The molecule has 0 saturated heterocycles. The van der Waals surface area contributed by atoms with Crippen LogP contribution in [0.4, 0.5) is 0 Å². The van der Waals surface area contributed by atoms with Crippen molar-refractivity contribution in [1.82, 2.24) is 0 Å². The highest BCUT2D eigenvalue weighted by molar-refractivity contribution is 5.38. The van der Waals surface area contributed by atoms with Crippen LogP contribution >= 0.6 is 0 Å². The SMILES string of the molecule is CC1=C[C@H](O)CC(C)(C)[C@H]1/C=C/C(C)=C/C=C/C(C)=C/C=C\C=C(C)\C=C\C=C(C)\C=C\C1=C(C)C[C@@H](O)CC1(C)C. The molecule has 3 atom stereocenters. The van der Waals surface area contributed by atoms with Crippen LogP contribution in [0.1, 0.15) is 88.5 Å². The highest BCUT2D eigenvalue weighted by atomic mass is 16.3. The van der Waals surface area contributed by atoms with E-state index in [1.54, 1.807) is 0 Å². The van der Waals surface area contributed by atoms with Gasteiger partial charge < -0.3 is 10.2 Å². The van der Waals surface area contributed by atoms with Gasteiger partial charge in [0.2, 0.25) is 0 Å². The van der Waals surface area contributed by atoms with Crippen LogP contribution in [0.2, 0.25) is 0 Å². The first-order valence-corrected chi connectivity index (χ1v) is 15.4. The van der Waals surface area contributed by atoms with Crippen LogP contribution in [0.15, 0.2) is 130 Å². The number of aliphatic hydroxyl groups excluding tert-OH is 2. The molecule has 0 amide bonds. The fourth-order valence-corrected chi connectivity index (χ4v) is 6.14. The topological polar surface area (TPSA) is 40.5 Å². The molecular formula is C40H56O2. The van der Waals surface area contributed by atoms with Crippen LogP contribution < -0.4 is 0 Å². The Kier molecular flexibility index (Phi) is 13.5. The number of hydrogen-bond acceptors (Lipinski definition) is 2. The molecular weight excluding hydrogens is 512 g/mol. The summed E-state index contributed by atoms with van der Waals surface area (Å²) >= 11 is 0. The van der Waals surface area contributed by atoms with E-state index in [2.05, 4.69) is 154 Å². The van der Waals surface area contributed by atoms with E-state index in [1.807, 2.05) is 6.08 Å². The second kappa shape index (κ2) is 16.1. The molecule has 0 aromatic heterocycles. The Bertz CT molecular complexity index is 1270. The van der Waals surface area contributed by atoms with Crippen LogP contribution in [0.3, 0.4) is 0 Å². The summed E-state index contributed by atoms with van der Waals surface area (Å²) in [5.74, 6) is 0.348. The third-order valence-corrected chi connectivity index (χ3v) is 8.33. The largest absolute Gasteiger partial charge is 0.393 e. The molecule has 2 aliphatic rings. The van der Waals surface area contributed by atoms with E-state index in [9.17, 15) is 10.2 Å². The monoisotopic (exact) mass is 568 g/mol. The lowest BCUT2D eigenvalue weighted by atomic mass is 9.67. The van der Waals surface area contributed by atoms with Crippen molar-refractivity contribution in [1.29, 1.82) is 0 Å². The summed E-state index contributed by atoms with van der Waals surface area (Å²) in [6.07, 6.45) is 33.8. The number of allylic oxidation sites excluding steroid dienone is 20. The van der Waals surface area contributed by atoms with E-state index in [4.69, 9.17) is 0 Å². The molecule has 2 aliphatic carbocycles. The summed E-state index contributed by atoms with van der Waals surface area (Å²) < 4.78 is 0. The molecule has 0 saturated carbocycles. The third kappa shape index (κ3) is 11.7. The molecule has 0 spiro atoms. The van der Waals surface area contributed by atoms with Gasteiger partial charge in [0.15, 0.2) is 0 Å². The lowest BCUT2D eigenvalue weighted by molar-refractivity contribution is 0.116. The summed E-state index contributed by atoms with van der Waals surface area (Å²) in [7, 11) is 0. The normalized spacial score (nSPS) is 26.6. The molecule has 0 heterocycles. The Morgan fingerprint density at radius 2 is 1.21 bits per heavy atom. The molecule has 42 heavy (non-hydrogen) atoms. The minimum atomic E-state index is -0.331. The molecule has 2 N–H and O–H groups in total. The van der Waals surface area contributed by atoms with Gasteiger partial charge in [-0.15, -0.1) is 0 Å². The number of aliphatic hydroxyl groups is 2. The average Bonchev–Trinajstić information content (AvgIpc) is 2.84. The van der Waals surface area contributed by atoms with Crippen molar-refractivity contribution in [2.75, 3.05) is 0 Å². The van der Waals surface area contributed by atoms with Crippen molar-refractivity contribution in [2.24, 2.45) is 16.7 Å². The van der Waals surface area contributed by atoms with Gasteiger partial charge in [-0.25, -0.2) is 0 Å². The van der Waals surface area contributed by atoms with Gasteiger partial charge in [-0.05, 0) is 77.2 Å². The molecule has 0 unspecified atom stereocenters. The molecule has 0 radical (unpaired) electrons. The zero-order chi connectivity index (χ0) is 31.5. The molecule has 0 aromatic carbocycles. The van der Waals surface area contributed by atoms with Gasteiger partial charge >= 0.3 is 0 Å². The van der Waals surface area contributed by atoms with Crippen LogP contribution in [-0.2, 0) is 0 Å². The Hall–Kier alpha value is -2.94. The number of rotatable bonds is 10. The standard InChI is InChI=1S/C40H56O2/c1-29(17-13-19-31(3)21-23-37-33(5)25-35(41)27-39(37,7)8)15-11-12-16-30(2)18-14-20-32(4)22-24-38-34(6)26-36(42)28-40(38,9)10/h11-25,35-37,41-42H,26-28H2,1-10H3/b12-11-,17-13+,18-14+,23-21+,24-22+,29-15+,30-16+,31-19+,32-20+/t35-,36+,37-/m0/s1. The molecule has 0 aromatic rings. The first kappa shape index (κ1) is 35.3. The molecule has 2 rings (SSSR count). The molecule has 0 aliphatic heterocycles. The van der Waals surface area contributed by atoms with Gasteiger partial charge in [0.05, 0.1) is 12.2 Å². The smallest absolute Gasteiger partial charge is 0.0729 e. The van der Waals surface area contributed by atoms with Crippen molar-refractivity contribution < 1.29 is 10.2 Å². The van der Waals surface area contributed by atoms with E-state index in [0.717, 1.165) is 19.3 Å². The summed E-state index contributed by atoms with van der Waals surface area (Å²) in [6.45, 7) is 21.6. The molecule has 0 bridgehead atoms. The van der Waals surface area contributed by atoms with Crippen LogP contribution in [0, 0.1) is 16.7 Å². The predicted octanol–water partition coefficient (Wildman–Crippen LogP) is 10.4. The van der Waals surface area contributed by atoms with E-state index >= 15 is 0 Å². The highest BCUT2D eigenvalue weighted by Gasteiger charge is 2.34.